The molecule has 1 aliphatic rings. The second-order valence-electron chi connectivity index (χ2n) is 7.00. The van der Waals surface area contributed by atoms with Crippen LogP contribution in [0, 0.1) is 6.08 Å². The smallest absolute Gasteiger partial charge is 0.0809 e. The Morgan fingerprint density at radius 1 is 1.22 bits per heavy atom. The molecule has 148 valence electrons. The third kappa shape index (κ3) is 13.6. The van der Waals surface area contributed by atoms with E-state index in [0.29, 0.717) is 6.10 Å². The van der Waals surface area contributed by atoms with Crippen LogP contribution in [0.5, 0.6) is 0 Å². The zero-order valence-corrected chi connectivity index (χ0v) is 21.9. The molecule has 2 aromatic carbocycles. The molecule has 2 aromatic rings. The molecular weight excluding hydrogens is 470 g/mol. The molecule has 1 nitrogen and oxygen atoms in total. The van der Waals surface area contributed by atoms with Gasteiger partial charge in [-0.3, -0.25) is 6.08 Å². The monoisotopic (exact) mass is 498 g/mol. The minimum absolute atomic E-state index is 0. The average molecular weight is 501 g/mol. The molecule has 0 heterocycles. The summed E-state index contributed by atoms with van der Waals surface area (Å²) in [6, 6.07) is 14.7. The van der Waals surface area contributed by atoms with Crippen molar-refractivity contribution in [2.75, 3.05) is 0 Å². The molecule has 0 amide bonds. The Kier molecular flexibility index (Phi) is 16.9. The van der Waals surface area contributed by atoms with Crippen LogP contribution >= 0.6 is 0 Å². The number of benzene rings is 1. The van der Waals surface area contributed by atoms with E-state index in [1.807, 2.05) is 6.92 Å². The van der Waals surface area contributed by atoms with Crippen LogP contribution in [0.15, 0.2) is 60.2 Å². The van der Waals surface area contributed by atoms with Crippen molar-refractivity contribution in [2.45, 2.75) is 52.4 Å². The van der Waals surface area contributed by atoms with Crippen LogP contribution in [-0.4, -0.2) is 18.1 Å². The molecule has 27 heavy (non-hydrogen) atoms. The zero-order valence-electron chi connectivity index (χ0n) is 16.9. The van der Waals surface area contributed by atoms with Gasteiger partial charge < -0.3 is 29.2 Å². The maximum Gasteiger partial charge on any atom is -0.0809 e. The Hall–Kier alpha value is -0.180. The molecule has 0 aliphatic heterocycles. The summed E-state index contributed by atoms with van der Waals surface area (Å²) in [4.78, 5) is 0. The zero-order chi connectivity index (χ0) is 18.7. The third-order valence-electron chi connectivity index (χ3n) is 3.38. The summed E-state index contributed by atoms with van der Waals surface area (Å²) in [5.74, 6) is 0. The first-order chi connectivity index (χ1) is 11.9. The maximum atomic E-state index is 5.94. The van der Waals surface area contributed by atoms with Gasteiger partial charge in [-0.1, -0.05) is 6.07 Å². The molecular formula is C22H30Cl2OSiZr-2. The van der Waals surface area contributed by atoms with Crippen molar-refractivity contribution in [3.05, 3.63) is 66.3 Å². The van der Waals surface area contributed by atoms with Gasteiger partial charge in [-0.05, 0) is 33.0 Å². The van der Waals surface area contributed by atoms with Crippen LogP contribution in [-0.2, 0) is 28.7 Å². The maximum absolute atomic E-state index is 5.94. The summed E-state index contributed by atoms with van der Waals surface area (Å²) in [6.07, 6.45) is 9.96. The molecule has 0 spiro atoms. The van der Waals surface area contributed by atoms with Gasteiger partial charge >= 0.3 is 34.9 Å². The molecule has 1 atom stereocenters. The summed E-state index contributed by atoms with van der Waals surface area (Å²) in [7, 11) is -1.36. The summed E-state index contributed by atoms with van der Waals surface area (Å²) in [6.45, 7) is 10.9. The Morgan fingerprint density at radius 3 is 2.37 bits per heavy atom. The molecule has 0 saturated carbocycles. The predicted octanol–water partition coefficient (Wildman–Crippen LogP) is 0.228. The van der Waals surface area contributed by atoms with E-state index in [0.717, 1.165) is 12.8 Å². The third-order valence-corrected chi connectivity index (χ3v) is 4.49. The summed E-state index contributed by atoms with van der Waals surface area (Å²) in [5, 5.41) is 2.66. The quantitative estimate of drug-likeness (QED) is 0.432. The number of hydrogen-bond acceptors (Lipinski definition) is 1. The summed E-state index contributed by atoms with van der Waals surface area (Å²) in [5.41, 5.74) is 1.31. The Balaban J connectivity index is 0. The normalized spacial score (nSPS) is 13.1. The van der Waals surface area contributed by atoms with Gasteiger partial charge in [0.25, 0.3) is 0 Å². The SMILES string of the molecule is CC(CC1=[C-]CC=C1)O[Si](C)(C)C.C[CH]=[Zr+2].[Cl-].[Cl-].c1ccc2[cH-]ccc2c1. The van der Waals surface area contributed by atoms with E-state index in [1.54, 1.807) is 0 Å². The van der Waals surface area contributed by atoms with Crippen molar-refractivity contribution in [1.82, 2.24) is 0 Å². The van der Waals surface area contributed by atoms with E-state index >= 15 is 0 Å². The van der Waals surface area contributed by atoms with E-state index in [4.69, 9.17) is 4.43 Å². The Morgan fingerprint density at radius 2 is 1.85 bits per heavy atom. The summed E-state index contributed by atoms with van der Waals surface area (Å²) >= 11 is 1.51. The van der Waals surface area contributed by atoms with Crippen LogP contribution in [0.4, 0.5) is 0 Å². The number of rotatable bonds is 4. The predicted molar refractivity (Wildman–Crippen MR) is 110 cm³/mol. The Labute approximate surface area is 193 Å². The minimum atomic E-state index is -1.36. The summed E-state index contributed by atoms with van der Waals surface area (Å²) < 4.78 is 8.03. The van der Waals surface area contributed by atoms with Gasteiger partial charge in [-0.15, -0.1) is 36.1 Å². The van der Waals surface area contributed by atoms with Gasteiger partial charge in [0.15, 0.2) is 8.32 Å². The fourth-order valence-corrected chi connectivity index (χ4v) is 3.91. The van der Waals surface area contributed by atoms with Crippen molar-refractivity contribution in [3.8, 4) is 0 Å². The minimum Gasteiger partial charge on any atom is -1.00 e. The molecule has 0 aromatic heterocycles. The fourth-order valence-electron chi connectivity index (χ4n) is 2.62. The van der Waals surface area contributed by atoms with Gasteiger partial charge in [0.1, 0.15) is 0 Å². The molecule has 0 saturated heterocycles. The van der Waals surface area contributed by atoms with Gasteiger partial charge in [0, 0.05) is 6.10 Å². The fraction of sp³-hybridized carbons (Fsp3) is 0.364. The first kappa shape index (κ1) is 29.0. The van der Waals surface area contributed by atoms with Crippen LogP contribution < -0.4 is 24.8 Å². The number of hydrogen-bond donors (Lipinski definition) is 0. The van der Waals surface area contributed by atoms with Crippen LogP contribution in [0.3, 0.4) is 0 Å². The van der Waals surface area contributed by atoms with Gasteiger partial charge in [-0.25, -0.2) is 11.6 Å². The second kappa shape index (κ2) is 15.7. The van der Waals surface area contributed by atoms with E-state index in [-0.39, 0.29) is 24.8 Å². The van der Waals surface area contributed by atoms with Crippen molar-refractivity contribution < 1.29 is 53.5 Å². The molecule has 5 heteroatoms. The molecule has 0 fully saturated rings. The van der Waals surface area contributed by atoms with E-state index in [9.17, 15) is 0 Å². The van der Waals surface area contributed by atoms with E-state index in [1.165, 1.54) is 40.6 Å². The van der Waals surface area contributed by atoms with E-state index < -0.39 is 8.32 Å². The molecule has 0 N–H and O–H groups in total. The van der Waals surface area contributed by atoms with Crippen LogP contribution in [0.25, 0.3) is 10.8 Å². The number of fused-ring (bicyclic) bond motifs is 1. The number of allylic oxidation sites excluding steroid dienone is 3. The standard InChI is InChI=1S/C11H19OSi.C9H7.C2H4.2ClH.Zr/c1-10(12-13(2,3)4)9-11-7-5-6-8-11;1-2-5-9-7-3-6-8(9)4-1;1-2;;;/h5,7,10H,6,9H2,1-4H3;1-7H;1H,2H3;2*1H;/q2*-1;;;;+2/p-2. The van der Waals surface area contributed by atoms with Crippen molar-refractivity contribution in [3.63, 3.8) is 0 Å². The van der Waals surface area contributed by atoms with E-state index in [2.05, 4.69) is 91.0 Å². The van der Waals surface area contributed by atoms with Crippen molar-refractivity contribution in [1.29, 1.82) is 0 Å². The Bertz CT molecular complexity index is 671. The molecule has 3 rings (SSSR count). The van der Waals surface area contributed by atoms with Gasteiger partial charge in [0.05, 0.1) is 0 Å². The molecule has 0 radical (unpaired) electrons. The topological polar surface area (TPSA) is 9.23 Å². The number of halogens is 2. The molecule has 1 aliphatic carbocycles. The molecule has 1 unspecified atom stereocenters. The van der Waals surface area contributed by atoms with Crippen molar-refractivity contribution in [2.24, 2.45) is 0 Å². The van der Waals surface area contributed by atoms with Gasteiger partial charge in [-0.2, -0.15) is 23.6 Å². The van der Waals surface area contributed by atoms with Crippen molar-refractivity contribution >= 4 is 22.8 Å². The molecule has 0 bridgehead atoms. The van der Waals surface area contributed by atoms with Crippen LogP contribution in [0.2, 0.25) is 19.6 Å². The second-order valence-corrected chi connectivity index (χ2v) is 12.9. The largest absolute Gasteiger partial charge is 1.00 e. The van der Waals surface area contributed by atoms with Crippen LogP contribution in [0.1, 0.15) is 26.7 Å². The van der Waals surface area contributed by atoms with Gasteiger partial charge in [0.2, 0.25) is 0 Å². The first-order valence-corrected chi connectivity index (χ1v) is 13.7. The first-order valence-electron chi connectivity index (χ1n) is 8.85. The average Bonchev–Trinajstić information content (AvgIpc) is 3.17.